The van der Waals surface area contributed by atoms with E-state index >= 15 is 0 Å². The number of benzene rings is 2. The van der Waals surface area contributed by atoms with Gasteiger partial charge in [0.1, 0.15) is 0 Å². The molecule has 1 heterocycles. The van der Waals surface area contributed by atoms with Crippen molar-refractivity contribution in [2.75, 3.05) is 22.5 Å². The van der Waals surface area contributed by atoms with E-state index in [2.05, 4.69) is 5.32 Å². The van der Waals surface area contributed by atoms with Crippen LogP contribution in [0.1, 0.15) is 32.3 Å². The Balaban J connectivity index is 1.74. The summed E-state index contributed by atoms with van der Waals surface area (Å²) < 4.78 is 25.7. The van der Waals surface area contributed by atoms with E-state index in [0.29, 0.717) is 18.7 Å². The second-order valence-electron chi connectivity index (χ2n) is 7.21. The Morgan fingerprint density at radius 1 is 1.17 bits per heavy atom. The first kappa shape index (κ1) is 22.4. The molecule has 1 aliphatic rings. The number of hydrogen-bond donors (Lipinski definition) is 1. The fourth-order valence-electron chi connectivity index (χ4n) is 3.36. The molecule has 3 rings (SSSR count). The van der Waals surface area contributed by atoms with Crippen LogP contribution in [0.4, 0.5) is 11.4 Å². The highest BCUT2D eigenvalue weighted by molar-refractivity contribution is 8.01. The van der Waals surface area contributed by atoms with Crippen molar-refractivity contribution in [3.8, 4) is 0 Å². The summed E-state index contributed by atoms with van der Waals surface area (Å²) in [4.78, 5) is 27.2. The van der Waals surface area contributed by atoms with Crippen molar-refractivity contribution in [1.29, 1.82) is 0 Å². The molecular weight excluding hydrogens is 420 g/mol. The number of sulfone groups is 1. The zero-order chi connectivity index (χ0) is 21.9. The second kappa shape index (κ2) is 9.22. The van der Waals surface area contributed by atoms with Gasteiger partial charge in [0.2, 0.25) is 11.8 Å². The summed E-state index contributed by atoms with van der Waals surface area (Å²) in [6.07, 6.45) is 0.565. The number of amides is 2. The number of anilines is 2. The maximum Gasteiger partial charge on any atom is 0.237 e. The molecule has 0 radical (unpaired) electrons. The number of carbonyl (C=O) groups is 2. The summed E-state index contributed by atoms with van der Waals surface area (Å²) in [5.74, 6) is -0.550. The molecule has 0 spiro atoms. The third-order valence-corrected chi connectivity index (χ3v) is 8.16. The predicted molar refractivity (Wildman–Crippen MR) is 121 cm³/mol. The maximum atomic E-state index is 12.9. The molecule has 160 valence electrons. The summed E-state index contributed by atoms with van der Waals surface area (Å²) in [5.41, 5.74) is 2.43. The number of carbonyl (C=O) groups excluding carboxylic acids is 2. The molecule has 0 bridgehead atoms. The van der Waals surface area contributed by atoms with Crippen LogP contribution in [0, 0.1) is 6.92 Å². The van der Waals surface area contributed by atoms with Crippen LogP contribution in [0.5, 0.6) is 0 Å². The van der Waals surface area contributed by atoms with E-state index in [0.717, 1.165) is 16.1 Å². The molecule has 30 heavy (non-hydrogen) atoms. The van der Waals surface area contributed by atoms with Gasteiger partial charge in [-0.15, -0.1) is 11.8 Å². The molecule has 1 unspecified atom stereocenters. The smallest absolute Gasteiger partial charge is 0.237 e. The normalized spacial score (nSPS) is 16.0. The Morgan fingerprint density at radius 3 is 2.60 bits per heavy atom. The van der Waals surface area contributed by atoms with Crippen molar-refractivity contribution in [2.24, 2.45) is 0 Å². The maximum absolute atomic E-state index is 12.9. The van der Waals surface area contributed by atoms with E-state index in [1.807, 2.05) is 45.0 Å². The van der Waals surface area contributed by atoms with E-state index in [9.17, 15) is 18.0 Å². The van der Waals surface area contributed by atoms with Crippen molar-refractivity contribution < 1.29 is 18.0 Å². The van der Waals surface area contributed by atoms with Gasteiger partial charge in [-0.25, -0.2) is 8.42 Å². The quantitative estimate of drug-likeness (QED) is 0.694. The first-order valence-electron chi connectivity index (χ1n) is 9.96. The molecule has 6 nitrogen and oxygen atoms in total. The highest BCUT2D eigenvalue weighted by Crippen LogP contribution is 2.38. The SMILES string of the molecule is CCC1Sc2cc(S(=O)(=O)CCC(=O)N(CC)c3cccc(C)c3)ccc2NC1=O. The molecule has 1 atom stereocenters. The van der Waals surface area contributed by atoms with Gasteiger partial charge in [0.15, 0.2) is 9.84 Å². The Morgan fingerprint density at radius 2 is 1.93 bits per heavy atom. The number of hydrogen-bond acceptors (Lipinski definition) is 5. The van der Waals surface area contributed by atoms with Gasteiger partial charge in [-0.2, -0.15) is 0 Å². The van der Waals surface area contributed by atoms with Crippen LogP contribution >= 0.6 is 11.8 Å². The van der Waals surface area contributed by atoms with Gasteiger partial charge in [0.25, 0.3) is 0 Å². The number of rotatable bonds is 7. The Bertz CT molecular complexity index is 1070. The van der Waals surface area contributed by atoms with Crippen LogP contribution in [0.2, 0.25) is 0 Å². The lowest BCUT2D eigenvalue weighted by Gasteiger charge is -2.24. The zero-order valence-corrected chi connectivity index (χ0v) is 19.0. The molecular formula is C22H26N2O4S2. The molecule has 2 aromatic rings. The van der Waals surface area contributed by atoms with Crippen LogP contribution < -0.4 is 10.2 Å². The van der Waals surface area contributed by atoms with Gasteiger partial charge in [-0.05, 0) is 56.2 Å². The molecule has 2 aromatic carbocycles. The van der Waals surface area contributed by atoms with Crippen LogP contribution in [0.15, 0.2) is 52.3 Å². The molecule has 0 saturated heterocycles. The minimum Gasteiger partial charge on any atom is -0.324 e. The van der Waals surface area contributed by atoms with Crippen LogP contribution in [0.3, 0.4) is 0 Å². The highest BCUT2D eigenvalue weighted by atomic mass is 32.2. The van der Waals surface area contributed by atoms with Crippen molar-refractivity contribution >= 4 is 44.8 Å². The number of nitrogens with zero attached hydrogens (tertiary/aromatic N) is 1. The third kappa shape index (κ3) is 4.87. The average Bonchev–Trinajstić information content (AvgIpc) is 2.72. The lowest BCUT2D eigenvalue weighted by atomic mass is 10.2. The fraction of sp³-hybridized carbons (Fsp3) is 0.364. The van der Waals surface area contributed by atoms with Crippen LogP contribution in [-0.2, 0) is 19.4 Å². The Labute approximate surface area is 182 Å². The fourth-order valence-corrected chi connectivity index (χ4v) is 5.77. The minimum atomic E-state index is -3.63. The molecule has 0 aliphatic carbocycles. The van der Waals surface area contributed by atoms with Crippen LogP contribution in [-0.4, -0.2) is 37.8 Å². The molecule has 8 heteroatoms. The van der Waals surface area contributed by atoms with Gasteiger partial charge in [-0.1, -0.05) is 19.1 Å². The van der Waals surface area contributed by atoms with Crippen LogP contribution in [0.25, 0.3) is 0 Å². The molecule has 0 fully saturated rings. The third-order valence-electron chi connectivity index (χ3n) is 5.02. The van der Waals surface area contributed by atoms with E-state index in [1.54, 1.807) is 17.0 Å². The van der Waals surface area contributed by atoms with Gasteiger partial charge >= 0.3 is 0 Å². The van der Waals surface area contributed by atoms with Gasteiger partial charge < -0.3 is 10.2 Å². The van der Waals surface area contributed by atoms with Crippen molar-refractivity contribution in [1.82, 2.24) is 0 Å². The number of thioether (sulfide) groups is 1. The largest absolute Gasteiger partial charge is 0.324 e. The summed E-state index contributed by atoms with van der Waals surface area (Å²) in [7, 11) is -3.63. The van der Waals surface area contributed by atoms with Gasteiger partial charge in [0, 0.05) is 23.5 Å². The Kier molecular flexibility index (Phi) is 6.88. The summed E-state index contributed by atoms with van der Waals surface area (Å²) in [6.45, 7) is 6.21. The number of fused-ring (bicyclic) bond motifs is 1. The Hall–Kier alpha value is -2.32. The van der Waals surface area contributed by atoms with Gasteiger partial charge in [-0.3, -0.25) is 9.59 Å². The summed E-state index contributed by atoms with van der Waals surface area (Å²) >= 11 is 1.38. The molecule has 1 aliphatic heterocycles. The number of nitrogens with one attached hydrogen (secondary N) is 1. The molecule has 2 amide bonds. The van der Waals surface area contributed by atoms with E-state index in [4.69, 9.17) is 0 Å². The van der Waals surface area contributed by atoms with E-state index in [1.165, 1.54) is 17.8 Å². The first-order valence-corrected chi connectivity index (χ1v) is 12.5. The van der Waals surface area contributed by atoms with E-state index < -0.39 is 9.84 Å². The lowest BCUT2D eigenvalue weighted by molar-refractivity contribution is -0.118. The topological polar surface area (TPSA) is 83.6 Å². The summed E-state index contributed by atoms with van der Waals surface area (Å²) in [6, 6.07) is 12.3. The molecule has 1 N–H and O–H groups in total. The summed E-state index contributed by atoms with van der Waals surface area (Å²) in [5, 5.41) is 2.59. The first-order chi connectivity index (χ1) is 14.2. The monoisotopic (exact) mass is 446 g/mol. The molecule has 0 saturated carbocycles. The van der Waals surface area contributed by atoms with Crippen molar-refractivity contribution in [3.63, 3.8) is 0 Å². The second-order valence-corrected chi connectivity index (χ2v) is 10.6. The average molecular weight is 447 g/mol. The van der Waals surface area contributed by atoms with E-state index in [-0.39, 0.29) is 34.1 Å². The standard InChI is InChI=1S/C22H26N2O4S2/c1-4-19-22(26)23-18-10-9-17(14-20(18)29-19)30(27,28)12-11-21(25)24(5-2)16-8-6-7-15(3)13-16/h6-10,13-14,19H,4-5,11-12H2,1-3H3,(H,23,26). The molecule has 0 aromatic heterocycles. The van der Waals surface area contributed by atoms with Crippen molar-refractivity contribution in [3.05, 3.63) is 48.0 Å². The lowest BCUT2D eigenvalue weighted by Crippen LogP contribution is -2.32. The predicted octanol–water partition coefficient (Wildman–Crippen LogP) is 4.03. The van der Waals surface area contributed by atoms with Crippen molar-refractivity contribution in [2.45, 2.75) is 48.7 Å². The zero-order valence-electron chi connectivity index (χ0n) is 17.3. The highest BCUT2D eigenvalue weighted by Gasteiger charge is 2.27. The number of aryl methyl sites for hydroxylation is 1. The van der Waals surface area contributed by atoms with Gasteiger partial charge in [0.05, 0.1) is 21.6 Å². The minimum absolute atomic E-state index is 0.0630.